The molecule has 0 fully saturated rings. The highest BCUT2D eigenvalue weighted by Crippen LogP contribution is 1.98. The van der Waals surface area contributed by atoms with E-state index in [1.54, 1.807) is 0 Å². The average Bonchev–Trinajstić information content (AvgIpc) is 2.28. The molecule has 0 saturated carbocycles. The van der Waals surface area contributed by atoms with Crippen molar-refractivity contribution in [2.24, 2.45) is 0 Å². The first kappa shape index (κ1) is 15.4. The smallest absolute Gasteiger partial charge is 0.154 e. The fraction of sp³-hybridized carbons (Fsp3) is 0.714. The lowest BCUT2D eigenvalue weighted by atomic mass is 10.3. The van der Waals surface area contributed by atoms with E-state index in [0.717, 1.165) is 38.9 Å². The minimum absolute atomic E-state index is 0.0925. The minimum Gasteiger partial charge on any atom is -0.353 e. The Bertz CT molecular complexity index is 165. The van der Waals surface area contributed by atoms with Gasteiger partial charge in [-0.2, -0.15) is 0 Å². The van der Waals surface area contributed by atoms with Gasteiger partial charge in [-0.3, -0.25) is 0 Å². The Labute approximate surface area is 100 Å². The first-order valence-electron chi connectivity index (χ1n) is 6.34. The lowest BCUT2D eigenvalue weighted by molar-refractivity contribution is -0.128. The molecule has 94 valence electrons. The van der Waals surface area contributed by atoms with Gasteiger partial charge in [-0.25, -0.2) is 0 Å². The standard InChI is InChI=1S/C14H26O2/c1-4-6-8-10-12-15-14(3)16-13-11-9-7-5-2/h6-9,14H,4-5,10-13H2,1-3H3/b8-6-,9-7?. The lowest BCUT2D eigenvalue weighted by Gasteiger charge is -2.12. The maximum Gasteiger partial charge on any atom is 0.154 e. The van der Waals surface area contributed by atoms with Crippen molar-refractivity contribution >= 4 is 0 Å². The summed E-state index contributed by atoms with van der Waals surface area (Å²) in [6, 6.07) is 0. The van der Waals surface area contributed by atoms with E-state index in [1.807, 2.05) is 6.92 Å². The summed E-state index contributed by atoms with van der Waals surface area (Å²) >= 11 is 0. The molecular formula is C14H26O2. The molecule has 0 aromatic rings. The molecule has 0 N–H and O–H groups in total. The molecule has 16 heavy (non-hydrogen) atoms. The van der Waals surface area contributed by atoms with Crippen LogP contribution in [0.15, 0.2) is 24.3 Å². The Hall–Kier alpha value is -0.600. The van der Waals surface area contributed by atoms with Crippen LogP contribution in [0.5, 0.6) is 0 Å². The van der Waals surface area contributed by atoms with Crippen molar-refractivity contribution < 1.29 is 9.47 Å². The van der Waals surface area contributed by atoms with Crippen LogP contribution in [0.25, 0.3) is 0 Å². The molecule has 0 heterocycles. The number of allylic oxidation sites excluding steroid dienone is 2. The third kappa shape index (κ3) is 11.5. The molecule has 2 heteroatoms. The first-order valence-corrected chi connectivity index (χ1v) is 6.34. The van der Waals surface area contributed by atoms with Crippen molar-refractivity contribution in [3.05, 3.63) is 24.3 Å². The highest BCUT2D eigenvalue weighted by atomic mass is 16.7. The third-order valence-corrected chi connectivity index (χ3v) is 2.08. The highest BCUT2D eigenvalue weighted by Gasteiger charge is 1.99. The SMILES string of the molecule is CCC=CCCOC(C)OCC/C=C\CC. The van der Waals surface area contributed by atoms with Crippen LogP contribution in [0.3, 0.4) is 0 Å². The van der Waals surface area contributed by atoms with E-state index in [9.17, 15) is 0 Å². The van der Waals surface area contributed by atoms with E-state index in [2.05, 4.69) is 38.2 Å². The van der Waals surface area contributed by atoms with Gasteiger partial charge in [-0.05, 0) is 32.6 Å². The van der Waals surface area contributed by atoms with Crippen LogP contribution >= 0.6 is 0 Å². The minimum atomic E-state index is -0.0925. The largest absolute Gasteiger partial charge is 0.353 e. The summed E-state index contributed by atoms with van der Waals surface area (Å²) < 4.78 is 11.0. The van der Waals surface area contributed by atoms with Crippen LogP contribution in [0, 0.1) is 0 Å². The van der Waals surface area contributed by atoms with E-state index < -0.39 is 0 Å². The topological polar surface area (TPSA) is 18.5 Å². The predicted octanol–water partition coefficient (Wildman–Crippen LogP) is 4.08. The Kier molecular flexibility index (Phi) is 12.0. The predicted molar refractivity (Wildman–Crippen MR) is 69.5 cm³/mol. The summed E-state index contributed by atoms with van der Waals surface area (Å²) in [5.74, 6) is 0. The normalized spacial score (nSPS) is 13.9. The van der Waals surface area contributed by atoms with Crippen LogP contribution in [0.1, 0.15) is 46.5 Å². The molecule has 0 amide bonds. The molecular weight excluding hydrogens is 200 g/mol. The van der Waals surface area contributed by atoms with Gasteiger partial charge in [0.1, 0.15) is 0 Å². The fourth-order valence-electron chi connectivity index (χ4n) is 1.22. The molecule has 0 spiro atoms. The summed E-state index contributed by atoms with van der Waals surface area (Å²) in [7, 11) is 0. The first-order chi connectivity index (χ1) is 7.81. The van der Waals surface area contributed by atoms with Gasteiger partial charge in [0.05, 0.1) is 13.2 Å². The highest BCUT2D eigenvalue weighted by molar-refractivity contribution is 4.80. The third-order valence-electron chi connectivity index (χ3n) is 2.08. The average molecular weight is 226 g/mol. The molecule has 1 atom stereocenters. The monoisotopic (exact) mass is 226 g/mol. The summed E-state index contributed by atoms with van der Waals surface area (Å²) in [6.07, 6.45) is 12.6. The van der Waals surface area contributed by atoms with Gasteiger partial charge in [0.15, 0.2) is 6.29 Å². The van der Waals surface area contributed by atoms with Gasteiger partial charge in [0.2, 0.25) is 0 Å². The summed E-state index contributed by atoms with van der Waals surface area (Å²) in [6.45, 7) is 7.69. The Morgan fingerprint density at radius 1 is 0.812 bits per heavy atom. The zero-order chi connectivity index (χ0) is 12.1. The van der Waals surface area contributed by atoms with Crippen LogP contribution in [-0.2, 0) is 9.47 Å². The second kappa shape index (κ2) is 12.5. The zero-order valence-corrected chi connectivity index (χ0v) is 10.9. The molecule has 0 aromatic carbocycles. The number of hydrogen-bond acceptors (Lipinski definition) is 2. The quantitative estimate of drug-likeness (QED) is 0.317. The molecule has 0 aliphatic rings. The molecule has 0 aromatic heterocycles. The lowest BCUT2D eigenvalue weighted by Crippen LogP contribution is -2.14. The van der Waals surface area contributed by atoms with Crippen molar-refractivity contribution in [2.45, 2.75) is 52.7 Å². The van der Waals surface area contributed by atoms with Crippen LogP contribution < -0.4 is 0 Å². The maximum atomic E-state index is 5.50. The molecule has 0 bridgehead atoms. The van der Waals surface area contributed by atoms with E-state index in [-0.39, 0.29) is 6.29 Å². The second-order valence-corrected chi connectivity index (χ2v) is 3.65. The van der Waals surface area contributed by atoms with E-state index >= 15 is 0 Å². The van der Waals surface area contributed by atoms with E-state index in [4.69, 9.17) is 9.47 Å². The van der Waals surface area contributed by atoms with E-state index in [0.29, 0.717) is 0 Å². The van der Waals surface area contributed by atoms with Crippen LogP contribution in [0.2, 0.25) is 0 Å². The van der Waals surface area contributed by atoms with Gasteiger partial charge in [0, 0.05) is 0 Å². The van der Waals surface area contributed by atoms with Gasteiger partial charge in [0.25, 0.3) is 0 Å². The van der Waals surface area contributed by atoms with Gasteiger partial charge in [-0.1, -0.05) is 38.2 Å². The Balaban J connectivity index is 3.27. The summed E-state index contributed by atoms with van der Waals surface area (Å²) in [4.78, 5) is 0. The van der Waals surface area contributed by atoms with Crippen molar-refractivity contribution in [2.75, 3.05) is 13.2 Å². The molecule has 0 aliphatic heterocycles. The van der Waals surface area contributed by atoms with Crippen LogP contribution in [-0.4, -0.2) is 19.5 Å². The zero-order valence-electron chi connectivity index (χ0n) is 10.9. The van der Waals surface area contributed by atoms with Crippen molar-refractivity contribution in [3.63, 3.8) is 0 Å². The molecule has 0 aliphatic carbocycles. The molecule has 0 rings (SSSR count). The molecule has 0 saturated heterocycles. The number of hydrogen-bond donors (Lipinski definition) is 0. The molecule has 0 radical (unpaired) electrons. The molecule has 2 nitrogen and oxygen atoms in total. The molecule has 1 unspecified atom stereocenters. The summed E-state index contributed by atoms with van der Waals surface area (Å²) in [5, 5.41) is 0. The van der Waals surface area contributed by atoms with Crippen molar-refractivity contribution in [3.8, 4) is 0 Å². The van der Waals surface area contributed by atoms with Crippen LogP contribution in [0.4, 0.5) is 0 Å². The van der Waals surface area contributed by atoms with E-state index in [1.165, 1.54) is 0 Å². The van der Waals surface area contributed by atoms with Gasteiger partial charge in [-0.15, -0.1) is 0 Å². The van der Waals surface area contributed by atoms with Gasteiger partial charge >= 0.3 is 0 Å². The Morgan fingerprint density at radius 2 is 1.25 bits per heavy atom. The number of ether oxygens (including phenoxy) is 2. The maximum absolute atomic E-state index is 5.50. The van der Waals surface area contributed by atoms with Gasteiger partial charge < -0.3 is 9.47 Å². The fourth-order valence-corrected chi connectivity index (χ4v) is 1.22. The number of rotatable bonds is 10. The second-order valence-electron chi connectivity index (χ2n) is 3.65. The Morgan fingerprint density at radius 3 is 1.62 bits per heavy atom. The van der Waals surface area contributed by atoms with Crippen molar-refractivity contribution in [1.29, 1.82) is 0 Å². The summed E-state index contributed by atoms with van der Waals surface area (Å²) in [5.41, 5.74) is 0. The van der Waals surface area contributed by atoms with Crippen molar-refractivity contribution in [1.82, 2.24) is 0 Å².